The van der Waals surface area contributed by atoms with Crippen molar-refractivity contribution in [2.24, 2.45) is 0 Å². The largest absolute Gasteiger partial charge is 0.493 e. The van der Waals surface area contributed by atoms with Gasteiger partial charge < -0.3 is 29.7 Å². The zero-order valence-corrected chi connectivity index (χ0v) is 21.7. The fourth-order valence-electron chi connectivity index (χ4n) is 3.43. The zero-order valence-electron chi connectivity index (χ0n) is 21.7. The van der Waals surface area contributed by atoms with Gasteiger partial charge in [-0.15, -0.1) is 0 Å². The number of hydrogen-bond acceptors (Lipinski definition) is 6. The molecule has 8 heteroatoms. The van der Waals surface area contributed by atoms with Crippen molar-refractivity contribution >= 4 is 17.7 Å². The molecule has 1 atom stereocenters. The van der Waals surface area contributed by atoms with E-state index in [1.165, 1.54) is 0 Å². The molecular weight excluding hydrogens is 446 g/mol. The number of alkyl carbamates (subject to hydrolysis) is 1. The Morgan fingerprint density at radius 3 is 2.29 bits per heavy atom. The molecule has 0 heterocycles. The van der Waals surface area contributed by atoms with E-state index in [9.17, 15) is 9.59 Å². The van der Waals surface area contributed by atoms with Gasteiger partial charge in [0.2, 0.25) is 5.91 Å². The van der Waals surface area contributed by atoms with Gasteiger partial charge in [0.25, 0.3) is 0 Å². The highest BCUT2D eigenvalue weighted by molar-refractivity contribution is 5.97. The van der Waals surface area contributed by atoms with Gasteiger partial charge in [0.15, 0.2) is 11.5 Å². The summed E-state index contributed by atoms with van der Waals surface area (Å²) in [6.45, 7) is 12.7. The molecular formula is C27H39N3O5. The number of carbonyl (C=O) groups excluding carboxylic acids is 2. The second-order valence-corrected chi connectivity index (χ2v) is 9.12. The number of carbonyl (C=O) groups is 2. The summed E-state index contributed by atoms with van der Waals surface area (Å²) in [5.41, 5.74) is 0.780. The summed E-state index contributed by atoms with van der Waals surface area (Å²) < 4.78 is 16.7. The highest BCUT2D eigenvalue weighted by Gasteiger charge is 2.25. The molecule has 0 saturated heterocycles. The number of methoxy groups -OCH3 is 1. The van der Waals surface area contributed by atoms with Crippen LogP contribution in [0.3, 0.4) is 0 Å². The van der Waals surface area contributed by atoms with Crippen LogP contribution in [0, 0.1) is 0 Å². The lowest BCUT2D eigenvalue weighted by atomic mass is 10.1. The normalized spacial score (nSPS) is 12.1. The lowest BCUT2D eigenvalue weighted by molar-refractivity contribution is -0.118. The van der Waals surface area contributed by atoms with Gasteiger partial charge in [-0.05, 0) is 51.6 Å². The van der Waals surface area contributed by atoms with Crippen LogP contribution in [0.25, 0.3) is 0 Å². The molecule has 0 aliphatic rings. The van der Waals surface area contributed by atoms with Crippen molar-refractivity contribution in [1.82, 2.24) is 10.2 Å². The van der Waals surface area contributed by atoms with E-state index in [-0.39, 0.29) is 5.91 Å². The van der Waals surface area contributed by atoms with Crippen molar-refractivity contribution in [2.75, 3.05) is 38.7 Å². The number of likely N-dealkylation sites (N-methyl/N-ethyl adjacent to an activating group) is 1. The highest BCUT2D eigenvalue weighted by atomic mass is 16.6. The Bertz CT molecular complexity index is 940. The monoisotopic (exact) mass is 485 g/mol. The summed E-state index contributed by atoms with van der Waals surface area (Å²) in [5, 5.41) is 5.59. The quantitative estimate of drug-likeness (QED) is 0.461. The second kappa shape index (κ2) is 13.6. The third kappa shape index (κ3) is 9.86. The van der Waals surface area contributed by atoms with Crippen molar-refractivity contribution in [3.05, 3.63) is 54.1 Å². The molecule has 1 unspecified atom stereocenters. The number of hydrogen-bond donors (Lipinski definition) is 2. The molecule has 8 nitrogen and oxygen atoms in total. The third-order valence-corrected chi connectivity index (χ3v) is 5.28. The Labute approximate surface area is 208 Å². The Kier molecular flexibility index (Phi) is 10.9. The van der Waals surface area contributed by atoms with Gasteiger partial charge in [0.1, 0.15) is 18.2 Å². The van der Waals surface area contributed by atoms with E-state index in [0.29, 0.717) is 30.2 Å². The van der Waals surface area contributed by atoms with Crippen LogP contribution in [-0.4, -0.2) is 61.9 Å². The first-order chi connectivity index (χ1) is 16.6. The molecule has 2 amide bonds. The predicted octanol–water partition coefficient (Wildman–Crippen LogP) is 4.49. The second-order valence-electron chi connectivity index (χ2n) is 9.12. The van der Waals surface area contributed by atoms with Crippen molar-refractivity contribution < 1.29 is 23.8 Å². The molecule has 2 aromatic rings. The van der Waals surface area contributed by atoms with Crippen LogP contribution in [0.2, 0.25) is 0 Å². The Morgan fingerprint density at radius 1 is 1.00 bits per heavy atom. The minimum Gasteiger partial charge on any atom is -0.493 e. The first kappa shape index (κ1) is 28.0. The molecule has 192 valence electrons. The molecule has 0 aliphatic carbocycles. The first-order valence-corrected chi connectivity index (χ1v) is 12.0. The Hall–Kier alpha value is -3.26. The molecule has 0 aromatic heterocycles. The number of nitrogens with one attached hydrogen (secondary N) is 2. The van der Waals surface area contributed by atoms with Crippen molar-refractivity contribution in [1.29, 1.82) is 0 Å². The molecule has 0 saturated carbocycles. The molecule has 2 aromatic carbocycles. The van der Waals surface area contributed by atoms with Crippen molar-refractivity contribution in [3.63, 3.8) is 0 Å². The lowest BCUT2D eigenvalue weighted by Gasteiger charge is -2.23. The number of ether oxygens (including phenoxy) is 3. The van der Waals surface area contributed by atoms with E-state index in [2.05, 4.69) is 29.4 Å². The van der Waals surface area contributed by atoms with Crippen molar-refractivity contribution in [2.45, 2.75) is 52.7 Å². The number of rotatable bonds is 12. The SMILES string of the molecule is CCN(CC)CCOc1cc(NC(=O)C(Cc2ccccc2)NC(=O)OC(C)(C)C)ccc1OC. The van der Waals surface area contributed by atoms with Gasteiger partial charge in [0.05, 0.1) is 7.11 Å². The van der Waals surface area contributed by atoms with Gasteiger partial charge in [-0.25, -0.2) is 4.79 Å². The third-order valence-electron chi connectivity index (χ3n) is 5.28. The fourth-order valence-corrected chi connectivity index (χ4v) is 3.43. The van der Waals surface area contributed by atoms with E-state index in [0.717, 1.165) is 25.2 Å². The maximum absolute atomic E-state index is 13.2. The number of nitrogens with zero attached hydrogens (tertiary/aromatic N) is 1. The summed E-state index contributed by atoms with van der Waals surface area (Å²) in [4.78, 5) is 27.9. The van der Waals surface area contributed by atoms with Crippen LogP contribution in [-0.2, 0) is 16.0 Å². The number of anilines is 1. The summed E-state index contributed by atoms with van der Waals surface area (Å²) in [5.74, 6) is 0.756. The summed E-state index contributed by atoms with van der Waals surface area (Å²) >= 11 is 0. The Morgan fingerprint density at radius 2 is 1.69 bits per heavy atom. The summed E-state index contributed by atoms with van der Waals surface area (Å²) in [7, 11) is 1.57. The molecule has 2 rings (SSSR count). The van der Waals surface area contributed by atoms with Crippen LogP contribution in [0.4, 0.5) is 10.5 Å². The smallest absolute Gasteiger partial charge is 0.408 e. The summed E-state index contributed by atoms with van der Waals surface area (Å²) in [6, 6.07) is 13.9. The van der Waals surface area contributed by atoms with Crippen molar-refractivity contribution in [3.8, 4) is 11.5 Å². The minimum absolute atomic E-state index is 0.315. The molecule has 2 N–H and O–H groups in total. The number of amides is 2. The van der Waals surface area contributed by atoms with E-state index in [4.69, 9.17) is 14.2 Å². The molecule has 0 aliphatic heterocycles. The van der Waals surface area contributed by atoms with Gasteiger partial charge >= 0.3 is 6.09 Å². The van der Waals surface area contributed by atoms with E-state index in [1.807, 2.05) is 30.3 Å². The molecule has 0 bridgehead atoms. The topological polar surface area (TPSA) is 89.1 Å². The van der Waals surface area contributed by atoms with Crippen LogP contribution >= 0.6 is 0 Å². The maximum atomic E-state index is 13.2. The van der Waals surface area contributed by atoms with Crippen LogP contribution in [0.1, 0.15) is 40.2 Å². The number of benzene rings is 2. The Balaban J connectivity index is 2.15. The standard InChI is InChI=1S/C27H39N3O5/c1-7-30(8-2)16-17-34-24-19-21(14-15-23(24)33-6)28-25(31)22(18-20-12-10-9-11-13-20)29-26(32)35-27(3,4)5/h9-15,19,22H,7-8,16-18H2,1-6H3,(H,28,31)(H,29,32). The average Bonchev–Trinajstić information content (AvgIpc) is 2.81. The zero-order chi connectivity index (χ0) is 25.8. The average molecular weight is 486 g/mol. The molecule has 0 fully saturated rings. The van der Waals surface area contributed by atoms with Gasteiger partial charge in [-0.2, -0.15) is 0 Å². The van der Waals surface area contributed by atoms with Gasteiger partial charge in [-0.1, -0.05) is 44.2 Å². The van der Waals surface area contributed by atoms with Crippen LogP contribution in [0.5, 0.6) is 11.5 Å². The predicted molar refractivity (Wildman–Crippen MR) is 138 cm³/mol. The maximum Gasteiger partial charge on any atom is 0.408 e. The lowest BCUT2D eigenvalue weighted by Crippen LogP contribution is -2.47. The van der Waals surface area contributed by atoms with Gasteiger partial charge in [-0.3, -0.25) is 4.79 Å². The first-order valence-electron chi connectivity index (χ1n) is 12.0. The van der Waals surface area contributed by atoms with Gasteiger partial charge in [0, 0.05) is 24.7 Å². The minimum atomic E-state index is -0.832. The molecule has 0 radical (unpaired) electrons. The summed E-state index contributed by atoms with van der Waals surface area (Å²) in [6.07, 6.45) is -0.335. The molecule has 35 heavy (non-hydrogen) atoms. The van der Waals surface area contributed by atoms with Crippen LogP contribution in [0.15, 0.2) is 48.5 Å². The fraction of sp³-hybridized carbons (Fsp3) is 0.481. The van der Waals surface area contributed by atoms with E-state index in [1.54, 1.807) is 46.1 Å². The van der Waals surface area contributed by atoms with E-state index >= 15 is 0 Å². The molecule has 0 spiro atoms. The van der Waals surface area contributed by atoms with E-state index < -0.39 is 17.7 Å². The highest BCUT2D eigenvalue weighted by Crippen LogP contribution is 2.30. The van der Waals surface area contributed by atoms with Crippen LogP contribution < -0.4 is 20.1 Å².